The lowest BCUT2D eigenvalue weighted by Gasteiger charge is -2.13. The molecule has 156 valence electrons. The number of carbonyl (C=O) groups excluding carboxylic acids is 1. The zero-order valence-electron chi connectivity index (χ0n) is 15.8. The third kappa shape index (κ3) is 4.71. The van der Waals surface area contributed by atoms with Gasteiger partial charge in [-0.2, -0.15) is 5.21 Å². The first-order valence-electron chi connectivity index (χ1n) is 8.95. The maximum absolute atomic E-state index is 12.9. The van der Waals surface area contributed by atoms with E-state index in [1.54, 1.807) is 42.5 Å². The zero-order valence-corrected chi connectivity index (χ0v) is 17.4. The second-order valence-electron chi connectivity index (χ2n) is 6.38. The number of nitrogens with one attached hydrogen (secondary N) is 3. The number of H-pyrrole nitrogens is 1. The standard InChI is InChI=1S/C20H15ClN6O3S/c21-14-8-11-17(18(12-14)25-31(29,30)16-4-2-1-3-5-16)20(28)22-15-9-6-13(7-10-15)19-23-26-27-24-19/h1-12,25H,(H,22,28)(H,23,24,26,27). The maximum Gasteiger partial charge on any atom is 0.261 e. The van der Waals surface area contributed by atoms with Crippen LogP contribution >= 0.6 is 11.6 Å². The van der Waals surface area contributed by atoms with Crippen LogP contribution in [0.4, 0.5) is 11.4 Å². The Morgan fingerprint density at radius 2 is 1.71 bits per heavy atom. The number of hydrogen-bond donors (Lipinski definition) is 3. The van der Waals surface area contributed by atoms with E-state index in [1.807, 2.05) is 0 Å². The topological polar surface area (TPSA) is 130 Å². The third-order valence-corrected chi connectivity index (χ3v) is 5.89. The minimum Gasteiger partial charge on any atom is -0.322 e. The number of sulfonamides is 1. The van der Waals surface area contributed by atoms with Crippen molar-refractivity contribution in [2.24, 2.45) is 0 Å². The molecule has 3 aromatic carbocycles. The molecule has 4 rings (SSSR count). The lowest BCUT2D eigenvalue weighted by molar-refractivity contribution is 0.102. The Hall–Kier alpha value is -3.76. The summed E-state index contributed by atoms with van der Waals surface area (Å²) in [5.74, 6) is -0.0806. The fourth-order valence-electron chi connectivity index (χ4n) is 2.79. The van der Waals surface area contributed by atoms with Crippen molar-refractivity contribution >= 4 is 38.9 Å². The van der Waals surface area contributed by atoms with Crippen LogP contribution < -0.4 is 10.0 Å². The van der Waals surface area contributed by atoms with Crippen LogP contribution in [-0.4, -0.2) is 34.9 Å². The summed E-state index contributed by atoms with van der Waals surface area (Å²) in [6.45, 7) is 0. The van der Waals surface area contributed by atoms with Crippen LogP contribution in [0.3, 0.4) is 0 Å². The number of rotatable bonds is 6. The van der Waals surface area contributed by atoms with Gasteiger partial charge in [-0.3, -0.25) is 9.52 Å². The molecule has 31 heavy (non-hydrogen) atoms. The molecule has 0 fully saturated rings. The molecule has 0 radical (unpaired) electrons. The average Bonchev–Trinajstić information content (AvgIpc) is 3.29. The largest absolute Gasteiger partial charge is 0.322 e. The summed E-state index contributed by atoms with van der Waals surface area (Å²) < 4.78 is 27.8. The fraction of sp³-hybridized carbons (Fsp3) is 0. The van der Waals surface area contributed by atoms with E-state index in [2.05, 4.69) is 30.7 Å². The predicted molar refractivity (Wildman–Crippen MR) is 116 cm³/mol. The number of hydrogen-bond acceptors (Lipinski definition) is 6. The Kier molecular flexibility index (Phi) is 5.65. The molecule has 4 aromatic rings. The zero-order chi connectivity index (χ0) is 21.8. The van der Waals surface area contributed by atoms with E-state index >= 15 is 0 Å². The summed E-state index contributed by atoms with van der Waals surface area (Å²) in [5, 5.41) is 16.7. The lowest BCUT2D eigenvalue weighted by Crippen LogP contribution is -2.18. The molecule has 0 aliphatic carbocycles. The van der Waals surface area contributed by atoms with E-state index in [-0.39, 0.29) is 21.2 Å². The van der Waals surface area contributed by atoms with Crippen molar-refractivity contribution in [3.05, 3.63) is 83.4 Å². The van der Waals surface area contributed by atoms with Gasteiger partial charge in [-0.1, -0.05) is 29.8 Å². The van der Waals surface area contributed by atoms with Gasteiger partial charge in [0.05, 0.1) is 16.1 Å². The van der Waals surface area contributed by atoms with Crippen molar-refractivity contribution in [2.45, 2.75) is 4.90 Å². The molecular formula is C20H15ClN6O3S. The van der Waals surface area contributed by atoms with Crippen molar-refractivity contribution < 1.29 is 13.2 Å². The first-order valence-corrected chi connectivity index (χ1v) is 10.8. The summed E-state index contributed by atoms with van der Waals surface area (Å²) in [6, 6.07) is 19.0. The highest BCUT2D eigenvalue weighted by molar-refractivity contribution is 7.92. The molecule has 0 atom stereocenters. The van der Waals surface area contributed by atoms with E-state index < -0.39 is 15.9 Å². The van der Waals surface area contributed by atoms with Crippen LogP contribution in [0.5, 0.6) is 0 Å². The molecule has 1 amide bonds. The van der Waals surface area contributed by atoms with Crippen LogP contribution in [0.25, 0.3) is 11.4 Å². The number of carbonyl (C=O) groups is 1. The predicted octanol–water partition coefficient (Wildman–Crippen LogP) is 3.57. The van der Waals surface area contributed by atoms with Gasteiger partial charge in [0.1, 0.15) is 0 Å². The maximum atomic E-state index is 12.9. The highest BCUT2D eigenvalue weighted by Gasteiger charge is 2.19. The van der Waals surface area contributed by atoms with E-state index in [9.17, 15) is 13.2 Å². The smallest absolute Gasteiger partial charge is 0.261 e. The molecule has 11 heteroatoms. The monoisotopic (exact) mass is 454 g/mol. The van der Waals surface area contributed by atoms with E-state index in [0.717, 1.165) is 5.56 Å². The van der Waals surface area contributed by atoms with Crippen LogP contribution in [0, 0.1) is 0 Å². The van der Waals surface area contributed by atoms with Crippen molar-refractivity contribution in [2.75, 3.05) is 10.0 Å². The minimum atomic E-state index is -3.90. The van der Waals surface area contributed by atoms with Gasteiger partial charge in [0, 0.05) is 16.3 Å². The average molecular weight is 455 g/mol. The number of halogens is 1. The minimum absolute atomic E-state index is 0.0669. The molecule has 1 aromatic heterocycles. The number of anilines is 2. The summed E-state index contributed by atoms with van der Waals surface area (Å²) in [4.78, 5) is 12.9. The lowest BCUT2D eigenvalue weighted by atomic mass is 10.1. The quantitative estimate of drug-likeness (QED) is 0.408. The molecule has 9 nitrogen and oxygen atoms in total. The molecule has 0 unspecified atom stereocenters. The van der Waals surface area contributed by atoms with Crippen LogP contribution in [0.1, 0.15) is 10.4 Å². The van der Waals surface area contributed by atoms with E-state index in [4.69, 9.17) is 11.6 Å². The first kappa shape index (κ1) is 20.5. The van der Waals surface area contributed by atoms with E-state index in [1.165, 1.54) is 30.3 Å². The fourth-order valence-corrected chi connectivity index (χ4v) is 4.05. The Labute approximate surface area is 182 Å². The van der Waals surface area contributed by atoms with Crippen molar-refractivity contribution in [1.82, 2.24) is 20.6 Å². The third-order valence-electron chi connectivity index (χ3n) is 4.27. The summed E-state index contributed by atoms with van der Waals surface area (Å²) >= 11 is 6.04. The summed E-state index contributed by atoms with van der Waals surface area (Å²) in [6.07, 6.45) is 0. The molecule has 0 saturated carbocycles. The van der Waals surface area contributed by atoms with Gasteiger partial charge in [0.15, 0.2) is 0 Å². The molecule has 0 spiro atoms. The second-order valence-corrected chi connectivity index (χ2v) is 8.49. The Balaban J connectivity index is 1.57. The molecule has 0 bridgehead atoms. The Morgan fingerprint density at radius 1 is 0.968 bits per heavy atom. The van der Waals surface area contributed by atoms with Crippen LogP contribution in [-0.2, 0) is 10.0 Å². The van der Waals surface area contributed by atoms with Gasteiger partial charge >= 0.3 is 0 Å². The molecule has 0 aliphatic rings. The highest BCUT2D eigenvalue weighted by Crippen LogP contribution is 2.25. The van der Waals surface area contributed by atoms with Crippen molar-refractivity contribution in [3.8, 4) is 11.4 Å². The Bertz CT molecular complexity index is 1310. The van der Waals surface area contributed by atoms with Crippen LogP contribution in [0.2, 0.25) is 5.02 Å². The molecule has 3 N–H and O–H groups in total. The van der Waals surface area contributed by atoms with Gasteiger partial charge in [-0.05, 0) is 59.8 Å². The number of nitrogens with zero attached hydrogens (tertiary/aromatic N) is 3. The number of aromatic nitrogens is 4. The van der Waals surface area contributed by atoms with E-state index in [0.29, 0.717) is 11.5 Å². The van der Waals surface area contributed by atoms with Gasteiger partial charge in [-0.15, -0.1) is 10.2 Å². The summed E-state index contributed by atoms with van der Waals surface area (Å²) in [5.41, 5.74) is 1.40. The first-order chi connectivity index (χ1) is 14.9. The molecule has 0 saturated heterocycles. The summed E-state index contributed by atoms with van der Waals surface area (Å²) in [7, 11) is -3.90. The van der Waals surface area contributed by atoms with Crippen molar-refractivity contribution in [1.29, 1.82) is 0 Å². The highest BCUT2D eigenvalue weighted by atomic mass is 35.5. The van der Waals surface area contributed by atoms with Crippen molar-refractivity contribution in [3.63, 3.8) is 0 Å². The molecule has 0 aliphatic heterocycles. The van der Waals surface area contributed by atoms with Crippen LogP contribution in [0.15, 0.2) is 77.7 Å². The number of amides is 1. The number of benzene rings is 3. The molecular weight excluding hydrogens is 440 g/mol. The number of tetrazole rings is 1. The normalized spacial score (nSPS) is 11.1. The second kappa shape index (κ2) is 8.54. The Morgan fingerprint density at radius 3 is 2.39 bits per heavy atom. The SMILES string of the molecule is O=C(Nc1ccc(-c2nn[nH]n2)cc1)c1ccc(Cl)cc1NS(=O)(=O)c1ccccc1. The van der Waals surface area contributed by atoms with Gasteiger partial charge < -0.3 is 5.32 Å². The molecule has 1 heterocycles. The number of aromatic amines is 1. The van der Waals surface area contributed by atoms with Gasteiger partial charge in [-0.25, -0.2) is 8.42 Å². The van der Waals surface area contributed by atoms with Gasteiger partial charge in [0.2, 0.25) is 5.82 Å². The van der Waals surface area contributed by atoms with Gasteiger partial charge in [0.25, 0.3) is 15.9 Å².